The zero-order valence-electron chi connectivity index (χ0n) is 19.9. The molecule has 5 nitrogen and oxygen atoms in total. The molecule has 0 unspecified atom stereocenters. The standard InChI is InChI=1S/C28H27ClN4OS/c1-17-30-31-25-13-12-21(20-10-6-7-11-23(20)29)26-22-14-19(15-24(22)35-28(26)33(17)25)27(34)32(2)16-18-8-4-3-5-9-18/h3-11,19,21H,12-16H2,1-2H3/t19-,21-/m0/s1. The second-order valence-electron chi connectivity index (χ2n) is 9.62. The van der Waals surface area contributed by atoms with E-state index in [0.717, 1.165) is 53.5 Å². The summed E-state index contributed by atoms with van der Waals surface area (Å²) in [7, 11) is 1.92. The average Bonchev–Trinajstić information content (AvgIpc) is 3.50. The Labute approximate surface area is 214 Å². The number of hydrogen-bond acceptors (Lipinski definition) is 4. The molecule has 7 heteroatoms. The van der Waals surface area contributed by atoms with E-state index in [1.807, 2.05) is 60.5 Å². The predicted molar refractivity (Wildman–Crippen MR) is 139 cm³/mol. The molecule has 4 aromatic rings. The van der Waals surface area contributed by atoms with Gasteiger partial charge in [0, 0.05) is 41.7 Å². The number of hydrogen-bond donors (Lipinski definition) is 0. The molecular formula is C28H27ClN4OS. The molecular weight excluding hydrogens is 476 g/mol. The Morgan fingerprint density at radius 3 is 2.69 bits per heavy atom. The molecule has 35 heavy (non-hydrogen) atoms. The van der Waals surface area contributed by atoms with Crippen molar-refractivity contribution in [3.8, 4) is 5.00 Å². The van der Waals surface area contributed by atoms with E-state index in [1.54, 1.807) is 0 Å². The monoisotopic (exact) mass is 502 g/mol. The minimum absolute atomic E-state index is 0.0214. The van der Waals surface area contributed by atoms with Crippen molar-refractivity contribution in [3.63, 3.8) is 0 Å². The minimum atomic E-state index is -0.0214. The van der Waals surface area contributed by atoms with Crippen molar-refractivity contribution in [1.82, 2.24) is 19.7 Å². The highest BCUT2D eigenvalue weighted by atomic mass is 35.5. The third-order valence-corrected chi connectivity index (χ3v) is 8.96. The smallest absolute Gasteiger partial charge is 0.226 e. The Hall–Kier alpha value is -2.96. The van der Waals surface area contributed by atoms with Crippen molar-refractivity contribution in [2.24, 2.45) is 5.92 Å². The van der Waals surface area contributed by atoms with Crippen LogP contribution in [0.3, 0.4) is 0 Å². The van der Waals surface area contributed by atoms with Gasteiger partial charge >= 0.3 is 0 Å². The van der Waals surface area contributed by atoms with Gasteiger partial charge in [-0.25, -0.2) is 0 Å². The number of halogens is 1. The molecule has 2 aromatic carbocycles. The molecule has 2 aromatic heterocycles. The molecule has 0 saturated carbocycles. The fourth-order valence-electron chi connectivity index (χ4n) is 5.71. The topological polar surface area (TPSA) is 51.0 Å². The third-order valence-electron chi connectivity index (χ3n) is 7.36. The Bertz CT molecular complexity index is 1410. The predicted octanol–water partition coefficient (Wildman–Crippen LogP) is 5.74. The Morgan fingerprint density at radius 1 is 1.11 bits per heavy atom. The molecule has 0 radical (unpaired) electrons. The first kappa shape index (κ1) is 22.5. The lowest BCUT2D eigenvalue weighted by atomic mass is 9.86. The summed E-state index contributed by atoms with van der Waals surface area (Å²) in [5, 5.41) is 10.9. The first-order valence-electron chi connectivity index (χ1n) is 12.1. The van der Waals surface area contributed by atoms with Gasteiger partial charge in [0.2, 0.25) is 5.91 Å². The number of rotatable bonds is 4. The molecule has 0 spiro atoms. The van der Waals surface area contributed by atoms with E-state index in [0.29, 0.717) is 6.54 Å². The van der Waals surface area contributed by atoms with Gasteiger partial charge in [-0.3, -0.25) is 9.36 Å². The summed E-state index contributed by atoms with van der Waals surface area (Å²) in [6.45, 7) is 2.65. The second kappa shape index (κ2) is 8.92. The number of carbonyl (C=O) groups excluding carboxylic acids is 1. The van der Waals surface area contributed by atoms with E-state index in [4.69, 9.17) is 11.6 Å². The zero-order chi connectivity index (χ0) is 24.1. The lowest BCUT2D eigenvalue weighted by Gasteiger charge is -2.22. The van der Waals surface area contributed by atoms with Crippen LogP contribution in [0.4, 0.5) is 0 Å². The maximum Gasteiger partial charge on any atom is 0.226 e. The largest absolute Gasteiger partial charge is 0.341 e. The number of fused-ring (bicyclic) bond motifs is 5. The molecule has 0 N–H and O–H groups in total. The molecule has 1 aliphatic heterocycles. The van der Waals surface area contributed by atoms with Crippen LogP contribution in [-0.2, 0) is 30.6 Å². The second-order valence-corrected chi connectivity index (χ2v) is 11.1. The van der Waals surface area contributed by atoms with Crippen LogP contribution in [-0.4, -0.2) is 32.6 Å². The van der Waals surface area contributed by atoms with Crippen LogP contribution in [0.1, 0.15) is 51.1 Å². The van der Waals surface area contributed by atoms with Crippen LogP contribution in [0.15, 0.2) is 54.6 Å². The van der Waals surface area contributed by atoms with E-state index in [2.05, 4.69) is 39.0 Å². The summed E-state index contributed by atoms with van der Waals surface area (Å²) in [5.41, 5.74) is 4.96. The van der Waals surface area contributed by atoms with E-state index in [9.17, 15) is 4.79 Å². The maximum absolute atomic E-state index is 13.5. The number of amides is 1. The van der Waals surface area contributed by atoms with Gasteiger partial charge in [0.1, 0.15) is 16.6 Å². The summed E-state index contributed by atoms with van der Waals surface area (Å²) in [6, 6.07) is 18.4. The van der Waals surface area contributed by atoms with Gasteiger partial charge in [-0.1, -0.05) is 60.1 Å². The number of thiophene rings is 1. The Kier molecular flexibility index (Phi) is 5.73. The summed E-state index contributed by atoms with van der Waals surface area (Å²) >= 11 is 8.53. The van der Waals surface area contributed by atoms with Crippen molar-refractivity contribution in [1.29, 1.82) is 0 Å². The van der Waals surface area contributed by atoms with Crippen molar-refractivity contribution < 1.29 is 4.79 Å². The van der Waals surface area contributed by atoms with E-state index in [1.165, 1.54) is 21.0 Å². The summed E-state index contributed by atoms with van der Waals surface area (Å²) in [6.07, 6.45) is 3.33. The molecule has 2 atom stereocenters. The third kappa shape index (κ3) is 3.89. The maximum atomic E-state index is 13.5. The summed E-state index contributed by atoms with van der Waals surface area (Å²) in [4.78, 5) is 16.6. The molecule has 2 aliphatic rings. The van der Waals surface area contributed by atoms with E-state index in [-0.39, 0.29) is 17.7 Å². The molecule has 1 aliphatic carbocycles. The van der Waals surface area contributed by atoms with Gasteiger partial charge < -0.3 is 4.90 Å². The number of benzene rings is 2. The lowest BCUT2D eigenvalue weighted by molar-refractivity contribution is -0.134. The number of carbonyl (C=O) groups is 1. The minimum Gasteiger partial charge on any atom is -0.341 e. The highest BCUT2D eigenvalue weighted by Crippen LogP contribution is 2.49. The van der Waals surface area contributed by atoms with Crippen LogP contribution in [0.2, 0.25) is 5.02 Å². The highest BCUT2D eigenvalue weighted by molar-refractivity contribution is 7.15. The normalized spacial score (nSPS) is 18.5. The summed E-state index contributed by atoms with van der Waals surface area (Å²) < 4.78 is 2.23. The fourth-order valence-corrected chi connectivity index (χ4v) is 7.52. The van der Waals surface area contributed by atoms with Crippen molar-refractivity contribution in [2.75, 3.05) is 7.05 Å². The van der Waals surface area contributed by atoms with Crippen LogP contribution in [0.25, 0.3) is 5.00 Å². The summed E-state index contributed by atoms with van der Waals surface area (Å²) in [5.74, 6) is 2.29. The van der Waals surface area contributed by atoms with Gasteiger partial charge in [0.05, 0.1) is 0 Å². The van der Waals surface area contributed by atoms with Crippen LogP contribution in [0.5, 0.6) is 0 Å². The highest BCUT2D eigenvalue weighted by Gasteiger charge is 2.39. The van der Waals surface area contributed by atoms with Gasteiger partial charge in [-0.05, 0) is 54.5 Å². The SMILES string of the molecule is Cc1nnc2n1-c1sc3c(c1[C@H](c1ccccc1Cl)CC2)C[C@H](C(=O)N(C)Cc1ccccc1)C3. The van der Waals surface area contributed by atoms with E-state index >= 15 is 0 Å². The zero-order valence-corrected chi connectivity index (χ0v) is 21.4. The van der Waals surface area contributed by atoms with Crippen LogP contribution < -0.4 is 0 Å². The molecule has 178 valence electrons. The van der Waals surface area contributed by atoms with Crippen LogP contribution >= 0.6 is 22.9 Å². The molecule has 6 rings (SSSR count). The van der Waals surface area contributed by atoms with Gasteiger partial charge in [0.15, 0.2) is 0 Å². The number of nitrogens with zero attached hydrogens (tertiary/aromatic N) is 4. The molecule has 0 bridgehead atoms. The van der Waals surface area contributed by atoms with Gasteiger partial charge in [0.25, 0.3) is 0 Å². The lowest BCUT2D eigenvalue weighted by Crippen LogP contribution is -2.33. The fraction of sp³-hybridized carbons (Fsp3) is 0.321. The van der Waals surface area contributed by atoms with Gasteiger partial charge in [-0.15, -0.1) is 21.5 Å². The van der Waals surface area contributed by atoms with Crippen molar-refractivity contribution in [2.45, 2.75) is 45.1 Å². The molecule has 0 saturated heterocycles. The number of aromatic nitrogens is 3. The quantitative estimate of drug-likeness (QED) is 0.357. The molecule has 3 heterocycles. The first-order valence-corrected chi connectivity index (χ1v) is 13.3. The molecule has 0 fully saturated rings. The van der Waals surface area contributed by atoms with Crippen LogP contribution in [0, 0.1) is 12.8 Å². The first-order chi connectivity index (χ1) is 17.0. The van der Waals surface area contributed by atoms with Crippen molar-refractivity contribution in [3.05, 3.63) is 98.4 Å². The number of aryl methyl sites for hydroxylation is 2. The molecule has 1 amide bonds. The van der Waals surface area contributed by atoms with Crippen molar-refractivity contribution >= 4 is 28.8 Å². The Balaban J connectivity index is 1.36. The average molecular weight is 503 g/mol. The van der Waals surface area contributed by atoms with E-state index < -0.39 is 0 Å². The Morgan fingerprint density at radius 2 is 1.89 bits per heavy atom. The van der Waals surface area contributed by atoms with Gasteiger partial charge in [-0.2, -0.15) is 0 Å².